The highest BCUT2D eigenvalue weighted by Crippen LogP contribution is 2.26. The Labute approximate surface area is 158 Å². The topological polar surface area (TPSA) is 92.9 Å². The van der Waals surface area contributed by atoms with Crippen LogP contribution >= 0.6 is 12.4 Å². The van der Waals surface area contributed by atoms with Gasteiger partial charge in [0.25, 0.3) is 0 Å². The summed E-state index contributed by atoms with van der Waals surface area (Å²) in [5.74, 6) is 0.792. The number of nitrogens with zero attached hydrogens (tertiary/aromatic N) is 2. The van der Waals surface area contributed by atoms with Gasteiger partial charge in [0.1, 0.15) is 5.82 Å². The molecule has 0 atom stereocenters. The normalized spacial score (nSPS) is 9.92. The minimum atomic E-state index is -0.0933. The van der Waals surface area contributed by atoms with Crippen LogP contribution in [0.2, 0.25) is 0 Å². The number of aryl methyl sites for hydroxylation is 1. The van der Waals surface area contributed by atoms with Gasteiger partial charge in [-0.1, -0.05) is 24.3 Å². The molecular weight excluding hydrogens is 350 g/mol. The number of hydrogen-bond donors (Lipinski definition) is 3. The molecule has 6 nitrogen and oxygen atoms in total. The van der Waals surface area contributed by atoms with E-state index in [0.717, 1.165) is 28.2 Å². The number of halogens is 1. The van der Waals surface area contributed by atoms with Gasteiger partial charge in [-0.05, 0) is 42.3 Å². The first-order valence-electron chi connectivity index (χ1n) is 7.86. The molecule has 0 aliphatic heterocycles. The van der Waals surface area contributed by atoms with Crippen molar-refractivity contribution in [1.29, 1.82) is 0 Å². The van der Waals surface area contributed by atoms with Gasteiger partial charge in [0.2, 0.25) is 11.9 Å². The van der Waals surface area contributed by atoms with E-state index < -0.39 is 0 Å². The Balaban J connectivity index is 0.00000243. The summed E-state index contributed by atoms with van der Waals surface area (Å²) in [6.07, 6.45) is 0. The average molecular weight is 370 g/mol. The fourth-order valence-electron chi connectivity index (χ4n) is 2.56. The second-order valence-electron chi connectivity index (χ2n) is 5.72. The van der Waals surface area contributed by atoms with Crippen LogP contribution in [0.15, 0.2) is 54.6 Å². The van der Waals surface area contributed by atoms with E-state index in [2.05, 4.69) is 20.6 Å². The average Bonchev–Trinajstić information content (AvgIpc) is 2.54. The number of hydrogen-bond acceptors (Lipinski definition) is 5. The summed E-state index contributed by atoms with van der Waals surface area (Å²) in [4.78, 5) is 19.5. The molecule has 1 heterocycles. The first-order valence-corrected chi connectivity index (χ1v) is 7.86. The van der Waals surface area contributed by atoms with Gasteiger partial charge in [0, 0.05) is 30.1 Å². The number of nitrogen functional groups attached to an aromatic ring is 1. The summed E-state index contributed by atoms with van der Waals surface area (Å²) in [6, 6.07) is 17.5. The number of nitrogens with two attached hydrogens (primary N) is 1. The summed E-state index contributed by atoms with van der Waals surface area (Å²) in [5, 5.41) is 6.04. The van der Waals surface area contributed by atoms with E-state index in [-0.39, 0.29) is 24.3 Å². The van der Waals surface area contributed by atoms with E-state index >= 15 is 0 Å². The molecule has 0 aliphatic rings. The van der Waals surface area contributed by atoms with Crippen molar-refractivity contribution < 1.29 is 4.79 Å². The molecule has 0 saturated carbocycles. The van der Waals surface area contributed by atoms with Crippen molar-refractivity contribution in [3.8, 4) is 11.1 Å². The van der Waals surface area contributed by atoms with Gasteiger partial charge in [0.05, 0.1) is 0 Å². The third kappa shape index (κ3) is 4.94. The van der Waals surface area contributed by atoms with Crippen LogP contribution in [0, 0.1) is 6.92 Å². The lowest BCUT2D eigenvalue weighted by Gasteiger charge is -2.10. The van der Waals surface area contributed by atoms with Gasteiger partial charge in [-0.2, -0.15) is 4.98 Å². The van der Waals surface area contributed by atoms with Crippen molar-refractivity contribution in [1.82, 2.24) is 9.97 Å². The number of aromatic nitrogens is 2. The van der Waals surface area contributed by atoms with Crippen LogP contribution in [0.4, 0.5) is 23.1 Å². The molecule has 0 aliphatic carbocycles. The molecule has 1 amide bonds. The lowest BCUT2D eigenvalue weighted by Crippen LogP contribution is -2.05. The van der Waals surface area contributed by atoms with Crippen LogP contribution in [-0.2, 0) is 4.79 Å². The quantitative estimate of drug-likeness (QED) is 0.642. The van der Waals surface area contributed by atoms with Crippen molar-refractivity contribution in [2.45, 2.75) is 13.8 Å². The second-order valence-corrected chi connectivity index (χ2v) is 5.72. The number of carbonyl (C=O) groups is 1. The van der Waals surface area contributed by atoms with Gasteiger partial charge in [-0.3, -0.25) is 4.79 Å². The molecule has 0 saturated heterocycles. The monoisotopic (exact) mass is 369 g/mol. The van der Waals surface area contributed by atoms with E-state index in [0.29, 0.717) is 5.82 Å². The zero-order valence-corrected chi connectivity index (χ0v) is 15.3. The third-order valence-corrected chi connectivity index (χ3v) is 3.52. The van der Waals surface area contributed by atoms with Gasteiger partial charge in [0.15, 0.2) is 0 Å². The fourth-order valence-corrected chi connectivity index (χ4v) is 2.56. The van der Waals surface area contributed by atoms with E-state index in [1.165, 1.54) is 6.92 Å². The molecule has 0 fully saturated rings. The largest absolute Gasteiger partial charge is 0.368 e. The van der Waals surface area contributed by atoms with Crippen LogP contribution in [0.3, 0.4) is 0 Å². The summed E-state index contributed by atoms with van der Waals surface area (Å²) < 4.78 is 0. The second kappa shape index (κ2) is 8.31. The molecule has 0 spiro atoms. The zero-order valence-electron chi connectivity index (χ0n) is 14.5. The highest BCUT2D eigenvalue weighted by atomic mass is 35.5. The Hall–Kier alpha value is -3.12. The van der Waals surface area contributed by atoms with Crippen molar-refractivity contribution in [2.24, 2.45) is 0 Å². The molecule has 0 bridgehead atoms. The molecule has 3 aromatic rings. The van der Waals surface area contributed by atoms with Crippen LogP contribution in [0.25, 0.3) is 11.1 Å². The van der Waals surface area contributed by atoms with Gasteiger partial charge in [-0.15, -0.1) is 12.4 Å². The molecule has 3 rings (SSSR count). The van der Waals surface area contributed by atoms with Crippen LogP contribution in [0.1, 0.15) is 12.6 Å². The number of rotatable bonds is 4. The highest BCUT2D eigenvalue weighted by molar-refractivity contribution is 5.89. The Kier molecular flexibility index (Phi) is 6.14. The highest BCUT2D eigenvalue weighted by Gasteiger charge is 2.04. The fraction of sp³-hybridized carbons (Fsp3) is 0.105. The van der Waals surface area contributed by atoms with E-state index in [9.17, 15) is 4.79 Å². The van der Waals surface area contributed by atoms with E-state index in [4.69, 9.17) is 5.73 Å². The van der Waals surface area contributed by atoms with Crippen LogP contribution in [0.5, 0.6) is 0 Å². The smallest absolute Gasteiger partial charge is 0.222 e. The Bertz CT molecular complexity index is 909. The third-order valence-electron chi connectivity index (χ3n) is 3.52. The lowest BCUT2D eigenvalue weighted by atomic mass is 10.0. The molecule has 26 heavy (non-hydrogen) atoms. The maximum Gasteiger partial charge on any atom is 0.222 e. The Morgan fingerprint density at radius 1 is 0.962 bits per heavy atom. The van der Waals surface area contributed by atoms with Crippen molar-refractivity contribution >= 4 is 41.5 Å². The van der Waals surface area contributed by atoms with Gasteiger partial charge >= 0.3 is 0 Å². The maximum absolute atomic E-state index is 11.2. The van der Waals surface area contributed by atoms with E-state index in [1.54, 1.807) is 0 Å². The summed E-state index contributed by atoms with van der Waals surface area (Å²) in [5.41, 5.74) is 10.2. The summed E-state index contributed by atoms with van der Waals surface area (Å²) >= 11 is 0. The molecule has 1 aromatic heterocycles. The number of nitrogens with one attached hydrogen (secondary N) is 2. The summed E-state index contributed by atoms with van der Waals surface area (Å²) in [6.45, 7) is 3.36. The van der Waals surface area contributed by atoms with Crippen molar-refractivity contribution in [3.05, 3.63) is 60.3 Å². The molecule has 7 heteroatoms. The maximum atomic E-state index is 11.2. The summed E-state index contributed by atoms with van der Waals surface area (Å²) in [7, 11) is 0. The zero-order chi connectivity index (χ0) is 17.8. The predicted octanol–water partition coefficient (Wildman–Crippen LogP) is 4.16. The molecular formula is C19H20ClN5O. The SMILES string of the molecule is CC(=O)Nc1cccc(-c2cccc(Nc3cc(C)nc(N)n3)c2)c1.Cl. The van der Waals surface area contributed by atoms with Crippen molar-refractivity contribution in [2.75, 3.05) is 16.4 Å². The number of anilines is 4. The van der Waals surface area contributed by atoms with Crippen LogP contribution < -0.4 is 16.4 Å². The van der Waals surface area contributed by atoms with Crippen molar-refractivity contribution in [3.63, 3.8) is 0 Å². The Morgan fingerprint density at radius 3 is 2.19 bits per heavy atom. The lowest BCUT2D eigenvalue weighted by molar-refractivity contribution is -0.114. The standard InChI is InChI=1S/C19H19N5O.ClH/c1-12-9-18(24-19(20)21-12)23-17-8-4-6-15(11-17)14-5-3-7-16(10-14)22-13(2)25;/h3-11H,1-2H3,(H,22,25)(H3,20,21,23,24);1H. The first-order chi connectivity index (χ1) is 12.0. The molecule has 134 valence electrons. The molecule has 2 aromatic carbocycles. The number of carbonyl (C=O) groups excluding carboxylic acids is 1. The van der Waals surface area contributed by atoms with E-state index in [1.807, 2.05) is 61.5 Å². The van der Waals surface area contributed by atoms with Gasteiger partial charge < -0.3 is 16.4 Å². The Morgan fingerprint density at radius 2 is 1.58 bits per heavy atom. The molecule has 0 radical (unpaired) electrons. The molecule has 0 unspecified atom stereocenters. The van der Waals surface area contributed by atoms with Crippen LogP contribution in [-0.4, -0.2) is 15.9 Å². The molecule has 4 N–H and O–H groups in total. The number of benzene rings is 2. The number of amides is 1. The minimum Gasteiger partial charge on any atom is -0.368 e. The minimum absolute atomic E-state index is 0. The first kappa shape index (κ1) is 19.2. The predicted molar refractivity (Wildman–Crippen MR) is 108 cm³/mol. The van der Waals surface area contributed by atoms with Gasteiger partial charge in [-0.25, -0.2) is 4.98 Å².